The maximum Gasteiger partial charge on any atom is 0.128 e. The molecule has 1 spiro atoms. The second kappa shape index (κ2) is 5.58. The summed E-state index contributed by atoms with van der Waals surface area (Å²) in [5, 5.41) is 13.9. The van der Waals surface area contributed by atoms with E-state index in [1.165, 1.54) is 12.0 Å². The monoisotopic (exact) mass is 357 g/mol. The van der Waals surface area contributed by atoms with Gasteiger partial charge in [0.25, 0.3) is 0 Å². The molecule has 2 aromatic heterocycles. The number of aromatic amines is 1. The lowest BCUT2D eigenvalue weighted by molar-refractivity contribution is 0.338. The van der Waals surface area contributed by atoms with Gasteiger partial charge in [-0.2, -0.15) is 5.26 Å². The van der Waals surface area contributed by atoms with E-state index in [2.05, 4.69) is 27.4 Å². The van der Waals surface area contributed by atoms with E-state index < -0.39 is 0 Å². The fourth-order valence-electron chi connectivity index (χ4n) is 4.46. The molecule has 1 aliphatic heterocycles. The Hall–Kier alpha value is -3.33. The number of benzene rings is 1. The topological polar surface area (TPSA) is 86.1 Å². The number of ether oxygens (including phenoxy) is 1. The Morgan fingerprint density at radius 3 is 2.85 bits per heavy atom. The van der Waals surface area contributed by atoms with Crippen LogP contribution in [0.2, 0.25) is 0 Å². The molecule has 134 valence electrons. The number of pyridine rings is 1. The smallest absolute Gasteiger partial charge is 0.128 e. The van der Waals surface area contributed by atoms with Crippen LogP contribution in [0.3, 0.4) is 0 Å². The van der Waals surface area contributed by atoms with Crippen molar-refractivity contribution in [3.8, 4) is 23.1 Å². The van der Waals surface area contributed by atoms with Gasteiger partial charge in [-0.25, -0.2) is 4.99 Å². The number of aliphatic imine (C=N–C) groups is 1. The van der Waals surface area contributed by atoms with E-state index in [-0.39, 0.29) is 5.41 Å². The lowest BCUT2D eigenvalue weighted by Gasteiger charge is -2.40. The summed E-state index contributed by atoms with van der Waals surface area (Å²) in [4.78, 5) is 12.4. The Bertz CT molecular complexity index is 1150. The number of H-pyrrole nitrogens is 1. The van der Waals surface area contributed by atoms with Crippen molar-refractivity contribution in [2.24, 2.45) is 4.99 Å². The van der Waals surface area contributed by atoms with Gasteiger partial charge in [-0.05, 0) is 36.6 Å². The summed E-state index contributed by atoms with van der Waals surface area (Å²) >= 11 is 0. The Balaban J connectivity index is 1.76. The van der Waals surface area contributed by atoms with E-state index >= 15 is 0 Å². The minimum absolute atomic E-state index is 0.00167. The van der Waals surface area contributed by atoms with Crippen molar-refractivity contribution in [3.05, 3.63) is 41.7 Å². The largest absolute Gasteiger partial charge is 0.496 e. The minimum atomic E-state index is -0.00167. The molecule has 1 saturated carbocycles. The van der Waals surface area contributed by atoms with E-state index in [1.54, 1.807) is 19.5 Å². The summed E-state index contributed by atoms with van der Waals surface area (Å²) < 4.78 is 5.73. The summed E-state index contributed by atoms with van der Waals surface area (Å²) in [6.07, 6.45) is 6.84. The molecule has 1 fully saturated rings. The molecule has 0 atom stereocenters. The van der Waals surface area contributed by atoms with Gasteiger partial charge in [-0.15, -0.1) is 0 Å². The molecule has 0 radical (unpaired) electrons. The fourth-order valence-corrected chi connectivity index (χ4v) is 4.46. The van der Waals surface area contributed by atoms with Crippen LogP contribution >= 0.6 is 0 Å². The lowest BCUT2D eigenvalue weighted by Crippen LogP contribution is -2.45. The van der Waals surface area contributed by atoms with E-state index in [1.807, 2.05) is 19.2 Å². The second-order valence-electron chi connectivity index (χ2n) is 7.12. The van der Waals surface area contributed by atoms with E-state index in [0.717, 1.165) is 52.3 Å². The van der Waals surface area contributed by atoms with Gasteiger partial charge < -0.3 is 15.0 Å². The van der Waals surface area contributed by atoms with Crippen molar-refractivity contribution in [2.45, 2.75) is 24.7 Å². The van der Waals surface area contributed by atoms with Gasteiger partial charge in [0.1, 0.15) is 17.7 Å². The summed E-state index contributed by atoms with van der Waals surface area (Å²) in [6, 6.07) is 8.33. The molecule has 6 nitrogen and oxygen atoms in total. The molecular weight excluding hydrogens is 338 g/mol. The van der Waals surface area contributed by atoms with Crippen LogP contribution in [0.15, 0.2) is 35.6 Å². The molecule has 0 unspecified atom stereocenters. The predicted octanol–water partition coefficient (Wildman–Crippen LogP) is 3.79. The first-order chi connectivity index (χ1) is 13.2. The number of nitriles is 1. The first kappa shape index (κ1) is 15.9. The Labute approximate surface area is 156 Å². The van der Waals surface area contributed by atoms with Crippen LogP contribution in [0.1, 0.15) is 30.4 Å². The molecule has 0 saturated heterocycles. The summed E-state index contributed by atoms with van der Waals surface area (Å²) in [6.45, 7) is 0. The third-order valence-electron chi connectivity index (χ3n) is 5.94. The number of hydrogen-bond donors (Lipinski definition) is 2. The van der Waals surface area contributed by atoms with Crippen molar-refractivity contribution >= 4 is 22.4 Å². The van der Waals surface area contributed by atoms with Crippen LogP contribution in [0.4, 0.5) is 5.69 Å². The van der Waals surface area contributed by atoms with Gasteiger partial charge in [0.15, 0.2) is 0 Å². The highest BCUT2D eigenvalue weighted by atomic mass is 16.5. The molecule has 0 amide bonds. The average molecular weight is 357 g/mol. The standard InChI is InChI=1S/C21H19N5O/c1-23-20-21(5-3-6-21)15-9-18(27-2)13(8-16(15)26-20)19-14(10-22)12-4-7-24-11-17(12)25-19/h4,7-9,11,25H,3,5-6H2,1-2H3,(H,23,26). The SMILES string of the molecule is CNC1=Nc2cc(-c3[nH]c4cnccc4c3C#N)c(OC)cc2C12CCC2. The van der Waals surface area contributed by atoms with Crippen LogP contribution < -0.4 is 10.1 Å². The van der Waals surface area contributed by atoms with Gasteiger partial charge in [-0.1, -0.05) is 6.42 Å². The maximum atomic E-state index is 9.77. The molecule has 2 aliphatic rings. The molecule has 1 aromatic carbocycles. The molecule has 1 aliphatic carbocycles. The molecular formula is C21H19N5O. The maximum absolute atomic E-state index is 9.77. The molecule has 2 N–H and O–H groups in total. The zero-order valence-corrected chi connectivity index (χ0v) is 15.3. The fraction of sp³-hybridized carbons (Fsp3) is 0.286. The summed E-state index contributed by atoms with van der Waals surface area (Å²) in [5.41, 5.74) is 5.19. The van der Waals surface area contributed by atoms with Crippen LogP contribution in [0.5, 0.6) is 5.75 Å². The number of aromatic nitrogens is 2. The first-order valence-electron chi connectivity index (χ1n) is 9.07. The van der Waals surface area contributed by atoms with E-state index in [0.29, 0.717) is 5.56 Å². The second-order valence-corrected chi connectivity index (χ2v) is 7.12. The van der Waals surface area contributed by atoms with Crippen LogP contribution in [-0.2, 0) is 5.41 Å². The van der Waals surface area contributed by atoms with E-state index in [4.69, 9.17) is 9.73 Å². The third-order valence-corrected chi connectivity index (χ3v) is 5.94. The number of fused-ring (bicyclic) bond motifs is 3. The predicted molar refractivity (Wildman–Crippen MR) is 104 cm³/mol. The zero-order valence-electron chi connectivity index (χ0n) is 15.3. The Morgan fingerprint density at radius 2 is 2.19 bits per heavy atom. The molecule has 5 rings (SSSR count). The molecule has 27 heavy (non-hydrogen) atoms. The number of rotatable bonds is 2. The minimum Gasteiger partial charge on any atom is -0.496 e. The lowest BCUT2D eigenvalue weighted by atomic mass is 9.64. The van der Waals surface area contributed by atoms with Gasteiger partial charge in [-0.3, -0.25) is 4.98 Å². The number of likely N-dealkylation sites (N-methyl/N-ethyl adjacent to an activating group) is 1. The van der Waals surface area contributed by atoms with Crippen molar-refractivity contribution in [3.63, 3.8) is 0 Å². The van der Waals surface area contributed by atoms with Crippen molar-refractivity contribution in [1.82, 2.24) is 15.3 Å². The molecule has 0 bridgehead atoms. The number of hydrogen-bond acceptors (Lipinski definition) is 5. The van der Waals surface area contributed by atoms with Crippen molar-refractivity contribution in [2.75, 3.05) is 14.2 Å². The van der Waals surface area contributed by atoms with Gasteiger partial charge >= 0.3 is 0 Å². The number of methoxy groups -OCH3 is 1. The molecule has 6 heteroatoms. The quantitative estimate of drug-likeness (QED) is 0.730. The highest BCUT2D eigenvalue weighted by Crippen LogP contribution is 2.54. The van der Waals surface area contributed by atoms with Gasteiger partial charge in [0, 0.05) is 24.2 Å². The number of amidine groups is 1. The molecule has 3 heterocycles. The van der Waals surface area contributed by atoms with Crippen LogP contribution in [0, 0.1) is 11.3 Å². The van der Waals surface area contributed by atoms with Crippen LogP contribution in [0.25, 0.3) is 22.2 Å². The number of nitrogens with one attached hydrogen (secondary N) is 2. The third kappa shape index (κ3) is 2.00. The summed E-state index contributed by atoms with van der Waals surface area (Å²) in [7, 11) is 3.60. The van der Waals surface area contributed by atoms with Crippen LogP contribution in [-0.4, -0.2) is 30.0 Å². The Morgan fingerprint density at radius 1 is 1.33 bits per heavy atom. The van der Waals surface area contributed by atoms with Crippen molar-refractivity contribution < 1.29 is 4.74 Å². The zero-order chi connectivity index (χ0) is 18.6. The summed E-state index contributed by atoms with van der Waals surface area (Å²) in [5.74, 6) is 1.79. The first-order valence-corrected chi connectivity index (χ1v) is 9.07. The van der Waals surface area contributed by atoms with E-state index in [9.17, 15) is 5.26 Å². The normalized spacial score (nSPS) is 16.6. The molecule has 3 aromatic rings. The highest BCUT2D eigenvalue weighted by Gasteiger charge is 2.48. The van der Waals surface area contributed by atoms with Gasteiger partial charge in [0.2, 0.25) is 0 Å². The van der Waals surface area contributed by atoms with Gasteiger partial charge in [0.05, 0.1) is 41.2 Å². The Kier molecular flexibility index (Phi) is 3.28. The highest BCUT2D eigenvalue weighted by molar-refractivity contribution is 6.02. The van der Waals surface area contributed by atoms with Crippen molar-refractivity contribution in [1.29, 1.82) is 5.26 Å². The number of nitrogens with zero attached hydrogens (tertiary/aromatic N) is 3. The average Bonchev–Trinajstić information content (AvgIpc) is 3.21.